The van der Waals surface area contributed by atoms with E-state index >= 15 is 0 Å². The number of esters is 4. The van der Waals surface area contributed by atoms with Crippen molar-refractivity contribution in [3.05, 3.63) is 35.4 Å². The van der Waals surface area contributed by atoms with Crippen LogP contribution in [0.5, 0.6) is 0 Å². The largest absolute Gasteiger partial charge is 0.463 e. The van der Waals surface area contributed by atoms with Crippen molar-refractivity contribution in [1.82, 2.24) is 0 Å². The molecule has 130 valence electrons. The van der Waals surface area contributed by atoms with E-state index in [0.717, 1.165) is 0 Å². The van der Waals surface area contributed by atoms with Crippen LogP contribution >= 0.6 is 0 Å². The molecule has 0 aliphatic carbocycles. The molecule has 0 amide bonds. The zero-order valence-corrected chi connectivity index (χ0v) is 13.4. The van der Waals surface area contributed by atoms with Crippen LogP contribution in [0.2, 0.25) is 0 Å². The minimum absolute atomic E-state index is 0.0317. The molecule has 8 heteroatoms. The summed E-state index contributed by atoms with van der Waals surface area (Å²) in [6.07, 6.45) is 0. The van der Waals surface area contributed by atoms with Crippen molar-refractivity contribution in [2.75, 3.05) is 26.4 Å². The molecule has 8 nitrogen and oxygen atoms in total. The van der Waals surface area contributed by atoms with Gasteiger partial charge in [-0.05, 0) is 26.0 Å². The van der Waals surface area contributed by atoms with E-state index in [4.69, 9.17) is 9.47 Å². The molecule has 0 unspecified atom stereocenters. The first-order valence-electron chi connectivity index (χ1n) is 7.24. The average Bonchev–Trinajstić information content (AvgIpc) is 2.58. The van der Waals surface area contributed by atoms with Crippen LogP contribution in [0.1, 0.15) is 34.6 Å². The molecular weight excluding hydrogens is 320 g/mol. The topological polar surface area (TPSA) is 105 Å². The Morgan fingerprint density at radius 1 is 0.708 bits per heavy atom. The molecule has 1 rings (SSSR count). The molecule has 0 bridgehead atoms. The standard InChI is InChI=1S/C16H18O8/c1-3-21-13(17)9-23-14(18)10-24-16(20)12-8-6-5-7-11(12)15(19)22-4-2/h5-8H,3-4,9-10H2,1-2H3. The molecule has 1 aromatic rings. The van der Waals surface area contributed by atoms with Gasteiger partial charge in [-0.15, -0.1) is 0 Å². The van der Waals surface area contributed by atoms with Gasteiger partial charge in [-0.3, -0.25) is 0 Å². The molecule has 0 N–H and O–H groups in total. The van der Waals surface area contributed by atoms with Gasteiger partial charge in [0.25, 0.3) is 0 Å². The third kappa shape index (κ3) is 6.07. The highest BCUT2D eigenvalue weighted by atomic mass is 16.6. The van der Waals surface area contributed by atoms with E-state index in [-0.39, 0.29) is 24.3 Å². The highest BCUT2D eigenvalue weighted by Gasteiger charge is 2.20. The Labute approximate surface area is 138 Å². The summed E-state index contributed by atoms with van der Waals surface area (Å²) in [5.74, 6) is -3.17. The molecule has 0 saturated carbocycles. The van der Waals surface area contributed by atoms with E-state index in [1.165, 1.54) is 12.1 Å². The molecule has 0 aliphatic rings. The summed E-state index contributed by atoms with van der Waals surface area (Å²) in [6.45, 7) is 2.30. The van der Waals surface area contributed by atoms with E-state index in [1.54, 1.807) is 26.0 Å². The molecular formula is C16H18O8. The molecule has 0 heterocycles. The number of hydrogen-bond acceptors (Lipinski definition) is 8. The molecule has 0 aromatic heterocycles. The van der Waals surface area contributed by atoms with Crippen molar-refractivity contribution in [3.8, 4) is 0 Å². The molecule has 0 spiro atoms. The molecule has 0 aliphatic heterocycles. The summed E-state index contributed by atoms with van der Waals surface area (Å²) >= 11 is 0. The smallest absolute Gasteiger partial charge is 0.344 e. The van der Waals surface area contributed by atoms with Crippen LogP contribution in [0.4, 0.5) is 0 Å². The van der Waals surface area contributed by atoms with E-state index in [0.29, 0.717) is 0 Å². The Morgan fingerprint density at radius 2 is 1.17 bits per heavy atom. The van der Waals surface area contributed by atoms with Crippen LogP contribution in [0.15, 0.2) is 24.3 Å². The summed E-state index contributed by atoms with van der Waals surface area (Å²) in [4.78, 5) is 46.2. The van der Waals surface area contributed by atoms with Crippen LogP contribution < -0.4 is 0 Å². The first kappa shape index (κ1) is 19.1. The minimum Gasteiger partial charge on any atom is -0.463 e. The van der Waals surface area contributed by atoms with Crippen LogP contribution in [-0.2, 0) is 28.5 Å². The van der Waals surface area contributed by atoms with E-state index < -0.39 is 37.1 Å². The van der Waals surface area contributed by atoms with Gasteiger partial charge in [-0.2, -0.15) is 0 Å². The second-order valence-electron chi connectivity index (χ2n) is 4.31. The van der Waals surface area contributed by atoms with Gasteiger partial charge < -0.3 is 18.9 Å². The van der Waals surface area contributed by atoms with Crippen molar-refractivity contribution in [2.24, 2.45) is 0 Å². The quantitative estimate of drug-likeness (QED) is 0.513. The fourth-order valence-electron chi connectivity index (χ4n) is 1.63. The monoisotopic (exact) mass is 338 g/mol. The fraction of sp³-hybridized carbons (Fsp3) is 0.375. The summed E-state index contributed by atoms with van der Waals surface area (Å²) in [5.41, 5.74) is -0.00150. The molecule has 1 aromatic carbocycles. The number of benzene rings is 1. The number of hydrogen-bond donors (Lipinski definition) is 0. The number of ether oxygens (including phenoxy) is 4. The number of carbonyl (C=O) groups excluding carboxylic acids is 4. The Kier molecular flexibility index (Phi) is 7.97. The van der Waals surface area contributed by atoms with Crippen molar-refractivity contribution >= 4 is 23.9 Å². The molecule has 0 fully saturated rings. The van der Waals surface area contributed by atoms with Crippen molar-refractivity contribution in [2.45, 2.75) is 13.8 Å². The van der Waals surface area contributed by atoms with Gasteiger partial charge in [0.1, 0.15) is 0 Å². The van der Waals surface area contributed by atoms with E-state index in [9.17, 15) is 19.2 Å². The van der Waals surface area contributed by atoms with Crippen LogP contribution in [-0.4, -0.2) is 50.3 Å². The van der Waals surface area contributed by atoms with Crippen LogP contribution in [0.25, 0.3) is 0 Å². The SMILES string of the molecule is CCOC(=O)COC(=O)COC(=O)c1ccccc1C(=O)OCC. The van der Waals surface area contributed by atoms with Crippen LogP contribution in [0, 0.1) is 0 Å². The highest BCUT2D eigenvalue weighted by molar-refractivity contribution is 6.03. The molecule has 24 heavy (non-hydrogen) atoms. The molecule has 0 atom stereocenters. The van der Waals surface area contributed by atoms with E-state index in [2.05, 4.69) is 9.47 Å². The van der Waals surface area contributed by atoms with Crippen LogP contribution in [0.3, 0.4) is 0 Å². The lowest BCUT2D eigenvalue weighted by Crippen LogP contribution is -2.22. The maximum absolute atomic E-state index is 12.0. The van der Waals surface area contributed by atoms with Crippen molar-refractivity contribution in [1.29, 1.82) is 0 Å². The van der Waals surface area contributed by atoms with Crippen molar-refractivity contribution < 1.29 is 38.1 Å². The Balaban J connectivity index is 2.58. The lowest BCUT2D eigenvalue weighted by atomic mass is 10.1. The van der Waals surface area contributed by atoms with E-state index in [1.807, 2.05) is 0 Å². The number of carbonyl (C=O) groups is 4. The predicted octanol–water partition coefficient (Wildman–Crippen LogP) is 1.13. The minimum atomic E-state index is -0.912. The third-order valence-electron chi connectivity index (χ3n) is 2.62. The van der Waals surface area contributed by atoms with Gasteiger partial charge in [0.2, 0.25) is 0 Å². The lowest BCUT2D eigenvalue weighted by molar-refractivity contribution is -0.160. The van der Waals surface area contributed by atoms with Gasteiger partial charge in [-0.1, -0.05) is 12.1 Å². The van der Waals surface area contributed by atoms with Crippen molar-refractivity contribution in [3.63, 3.8) is 0 Å². The van der Waals surface area contributed by atoms with Gasteiger partial charge >= 0.3 is 23.9 Å². The summed E-state index contributed by atoms with van der Waals surface area (Å²) in [7, 11) is 0. The zero-order chi connectivity index (χ0) is 17.9. The Hall–Kier alpha value is -2.90. The summed E-state index contributed by atoms with van der Waals surface area (Å²) < 4.78 is 18.8. The van der Waals surface area contributed by atoms with Gasteiger partial charge in [0, 0.05) is 0 Å². The highest BCUT2D eigenvalue weighted by Crippen LogP contribution is 2.12. The predicted molar refractivity (Wildman–Crippen MR) is 80.3 cm³/mol. The van der Waals surface area contributed by atoms with Gasteiger partial charge in [0.05, 0.1) is 24.3 Å². The van der Waals surface area contributed by atoms with Gasteiger partial charge in [0.15, 0.2) is 13.2 Å². The third-order valence-corrected chi connectivity index (χ3v) is 2.62. The lowest BCUT2D eigenvalue weighted by Gasteiger charge is -2.09. The average molecular weight is 338 g/mol. The second kappa shape index (κ2) is 9.98. The maximum Gasteiger partial charge on any atom is 0.344 e. The summed E-state index contributed by atoms with van der Waals surface area (Å²) in [6, 6.07) is 5.89. The first-order chi connectivity index (χ1) is 11.5. The fourth-order valence-corrected chi connectivity index (χ4v) is 1.63. The number of rotatable bonds is 8. The summed E-state index contributed by atoms with van der Waals surface area (Å²) in [5, 5.41) is 0. The second-order valence-corrected chi connectivity index (χ2v) is 4.31. The normalized spacial score (nSPS) is 9.75. The Bertz CT molecular complexity index is 608. The van der Waals surface area contributed by atoms with Gasteiger partial charge in [-0.25, -0.2) is 19.2 Å². The molecule has 0 radical (unpaired) electrons. The first-order valence-corrected chi connectivity index (χ1v) is 7.24. The molecule has 0 saturated heterocycles. The Morgan fingerprint density at radius 3 is 1.71 bits per heavy atom. The zero-order valence-electron chi connectivity index (χ0n) is 13.4. The maximum atomic E-state index is 12.0.